The molecule has 1 fully saturated rings. The molecule has 0 bridgehead atoms. The van der Waals surface area contributed by atoms with Crippen molar-refractivity contribution in [2.75, 3.05) is 0 Å². The fourth-order valence-corrected chi connectivity index (χ4v) is 3.20. The van der Waals surface area contributed by atoms with Crippen LogP contribution in [0.2, 0.25) is 0 Å². The lowest BCUT2D eigenvalue weighted by atomic mass is 9.92. The first kappa shape index (κ1) is 10.8. The van der Waals surface area contributed by atoms with Crippen LogP contribution in [0.25, 0.3) is 10.9 Å². The number of hydrogen-bond acceptors (Lipinski definition) is 0. The van der Waals surface area contributed by atoms with E-state index < -0.39 is 0 Å². The standard InChI is InChI=1S/C15H18FN/c1-9-10(2)17-13-8-7-12(16)15(14(9)13)11-5-3-4-6-11/h7-8,11,17H,3-6H2,1-2H3. The van der Waals surface area contributed by atoms with E-state index in [0.29, 0.717) is 5.92 Å². The molecule has 2 heteroatoms. The molecule has 0 unspecified atom stereocenters. The van der Waals surface area contributed by atoms with Crippen LogP contribution in [0, 0.1) is 19.7 Å². The summed E-state index contributed by atoms with van der Waals surface area (Å²) in [5.41, 5.74) is 4.41. The summed E-state index contributed by atoms with van der Waals surface area (Å²) in [4.78, 5) is 3.35. The van der Waals surface area contributed by atoms with Gasteiger partial charge in [-0.2, -0.15) is 0 Å². The molecule has 3 rings (SSSR count). The molecule has 0 spiro atoms. The molecule has 0 aliphatic heterocycles. The molecule has 1 heterocycles. The first-order valence-electron chi connectivity index (χ1n) is 6.45. The van der Waals surface area contributed by atoms with Gasteiger partial charge in [0.1, 0.15) is 5.82 Å². The van der Waals surface area contributed by atoms with Gasteiger partial charge in [-0.15, -0.1) is 0 Å². The Bertz CT molecular complexity index is 562. The summed E-state index contributed by atoms with van der Waals surface area (Å²) < 4.78 is 14.1. The van der Waals surface area contributed by atoms with Crippen molar-refractivity contribution in [2.45, 2.75) is 45.4 Å². The van der Waals surface area contributed by atoms with Crippen LogP contribution in [0.4, 0.5) is 4.39 Å². The van der Waals surface area contributed by atoms with Gasteiger partial charge in [0.15, 0.2) is 0 Å². The van der Waals surface area contributed by atoms with E-state index in [1.807, 2.05) is 6.07 Å². The topological polar surface area (TPSA) is 15.8 Å². The third-order valence-corrected chi connectivity index (χ3v) is 4.22. The lowest BCUT2D eigenvalue weighted by molar-refractivity contribution is 0.584. The van der Waals surface area contributed by atoms with Gasteiger partial charge in [0.05, 0.1) is 0 Å². The van der Waals surface area contributed by atoms with E-state index in [9.17, 15) is 4.39 Å². The fourth-order valence-electron chi connectivity index (χ4n) is 3.20. The van der Waals surface area contributed by atoms with Crippen molar-refractivity contribution in [1.82, 2.24) is 4.98 Å². The molecule has 1 aliphatic carbocycles. The van der Waals surface area contributed by atoms with Gasteiger partial charge in [-0.1, -0.05) is 12.8 Å². The van der Waals surface area contributed by atoms with Gasteiger partial charge in [-0.05, 0) is 50.3 Å². The molecular weight excluding hydrogens is 213 g/mol. The highest BCUT2D eigenvalue weighted by Gasteiger charge is 2.24. The number of fused-ring (bicyclic) bond motifs is 1. The van der Waals surface area contributed by atoms with Gasteiger partial charge in [-0.3, -0.25) is 0 Å². The summed E-state index contributed by atoms with van der Waals surface area (Å²) in [5, 5.41) is 1.13. The van der Waals surface area contributed by atoms with Crippen molar-refractivity contribution in [3.05, 3.63) is 34.8 Å². The molecule has 1 aliphatic rings. The maximum Gasteiger partial charge on any atom is 0.127 e. The van der Waals surface area contributed by atoms with E-state index in [1.54, 1.807) is 6.07 Å². The van der Waals surface area contributed by atoms with E-state index >= 15 is 0 Å². The zero-order valence-electron chi connectivity index (χ0n) is 10.4. The van der Waals surface area contributed by atoms with E-state index in [2.05, 4.69) is 18.8 Å². The van der Waals surface area contributed by atoms with Gasteiger partial charge in [-0.25, -0.2) is 4.39 Å². The fraction of sp³-hybridized carbons (Fsp3) is 0.467. The lowest BCUT2D eigenvalue weighted by Gasteiger charge is -2.13. The quantitative estimate of drug-likeness (QED) is 0.739. The molecule has 90 valence electrons. The van der Waals surface area contributed by atoms with Crippen molar-refractivity contribution in [2.24, 2.45) is 0 Å². The normalized spacial score (nSPS) is 17.1. The Balaban J connectivity index is 2.29. The first-order chi connectivity index (χ1) is 8.18. The van der Waals surface area contributed by atoms with Gasteiger partial charge in [0.25, 0.3) is 0 Å². The van der Waals surface area contributed by atoms with Gasteiger partial charge in [0, 0.05) is 22.2 Å². The Morgan fingerprint density at radius 2 is 1.88 bits per heavy atom. The number of aromatic amines is 1. The molecule has 0 saturated heterocycles. The third-order valence-electron chi connectivity index (χ3n) is 4.22. The van der Waals surface area contributed by atoms with Gasteiger partial charge < -0.3 is 4.98 Å². The Labute approximate surface area is 101 Å². The first-order valence-corrected chi connectivity index (χ1v) is 6.45. The second-order valence-corrected chi connectivity index (χ2v) is 5.24. The molecule has 17 heavy (non-hydrogen) atoms. The minimum atomic E-state index is -0.0218. The van der Waals surface area contributed by atoms with E-state index in [0.717, 1.165) is 35.0 Å². The minimum absolute atomic E-state index is 0.0218. The largest absolute Gasteiger partial charge is 0.358 e. The van der Waals surface area contributed by atoms with Crippen LogP contribution in [0.15, 0.2) is 12.1 Å². The van der Waals surface area contributed by atoms with Crippen molar-refractivity contribution in [1.29, 1.82) is 0 Å². The summed E-state index contributed by atoms with van der Waals surface area (Å²) in [6.45, 7) is 4.15. The maximum atomic E-state index is 14.1. The number of benzene rings is 1. The van der Waals surface area contributed by atoms with Crippen molar-refractivity contribution >= 4 is 10.9 Å². The van der Waals surface area contributed by atoms with E-state index in [4.69, 9.17) is 0 Å². The monoisotopic (exact) mass is 231 g/mol. The second kappa shape index (κ2) is 3.86. The zero-order chi connectivity index (χ0) is 12.0. The van der Waals surface area contributed by atoms with Crippen molar-refractivity contribution in [3.8, 4) is 0 Å². The molecule has 0 amide bonds. The highest BCUT2D eigenvalue weighted by molar-refractivity contribution is 5.88. The van der Waals surface area contributed by atoms with Crippen LogP contribution in [0.1, 0.15) is 48.4 Å². The number of aromatic nitrogens is 1. The maximum absolute atomic E-state index is 14.1. The highest BCUT2D eigenvalue weighted by Crippen LogP contribution is 2.40. The SMILES string of the molecule is Cc1[nH]c2ccc(F)c(C3CCCC3)c2c1C. The smallest absolute Gasteiger partial charge is 0.127 e. The van der Waals surface area contributed by atoms with Crippen molar-refractivity contribution < 1.29 is 4.39 Å². The molecule has 0 atom stereocenters. The average molecular weight is 231 g/mol. The summed E-state index contributed by atoms with van der Waals surface area (Å²) in [6, 6.07) is 3.48. The molecule has 1 nitrogen and oxygen atoms in total. The van der Waals surface area contributed by atoms with Crippen LogP contribution in [0.5, 0.6) is 0 Å². The van der Waals surface area contributed by atoms with Crippen LogP contribution in [-0.2, 0) is 0 Å². The molecular formula is C15H18FN. The number of hydrogen-bond donors (Lipinski definition) is 1. The summed E-state index contributed by atoms with van der Waals surface area (Å²) in [6.07, 6.45) is 4.76. The number of halogens is 1. The Morgan fingerprint density at radius 1 is 1.18 bits per heavy atom. The number of rotatable bonds is 1. The summed E-state index contributed by atoms with van der Waals surface area (Å²) in [5.74, 6) is 0.402. The third kappa shape index (κ3) is 1.58. The number of nitrogens with one attached hydrogen (secondary N) is 1. The van der Waals surface area contributed by atoms with Crippen LogP contribution < -0.4 is 0 Å². The number of aryl methyl sites for hydroxylation is 2. The predicted molar refractivity (Wildman–Crippen MR) is 68.9 cm³/mol. The van der Waals surface area contributed by atoms with Gasteiger partial charge in [0.2, 0.25) is 0 Å². The molecule has 1 N–H and O–H groups in total. The summed E-state index contributed by atoms with van der Waals surface area (Å²) in [7, 11) is 0. The average Bonchev–Trinajstić information content (AvgIpc) is 2.91. The second-order valence-electron chi connectivity index (χ2n) is 5.24. The zero-order valence-corrected chi connectivity index (χ0v) is 10.4. The molecule has 1 aromatic heterocycles. The molecule has 0 radical (unpaired) electrons. The van der Waals surface area contributed by atoms with Crippen LogP contribution in [0.3, 0.4) is 0 Å². The van der Waals surface area contributed by atoms with Crippen LogP contribution >= 0.6 is 0 Å². The Hall–Kier alpha value is -1.31. The lowest BCUT2D eigenvalue weighted by Crippen LogP contribution is -1.98. The minimum Gasteiger partial charge on any atom is -0.358 e. The molecule has 1 aromatic carbocycles. The van der Waals surface area contributed by atoms with Gasteiger partial charge >= 0.3 is 0 Å². The Morgan fingerprint density at radius 3 is 2.59 bits per heavy atom. The number of H-pyrrole nitrogens is 1. The summed E-state index contributed by atoms with van der Waals surface area (Å²) >= 11 is 0. The predicted octanol–water partition coefficient (Wildman–Crippen LogP) is 4.58. The molecule has 1 saturated carbocycles. The van der Waals surface area contributed by atoms with Crippen molar-refractivity contribution in [3.63, 3.8) is 0 Å². The molecule has 2 aromatic rings. The highest BCUT2D eigenvalue weighted by atomic mass is 19.1. The van der Waals surface area contributed by atoms with E-state index in [-0.39, 0.29) is 5.82 Å². The van der Waals surface area contributed by atoms with E-state index in [1.165, 1.54) is 18.4 Å². The Kier molecular flexibility index (Phi) is 2.46. The van der Waals surface area contributed by atoms with Crippen LogP contribution in [-0.4, -0.2) is 4.98 Å².